The molecule has 0 radical (unpaired) electrons. The lowest BCUT2D eigenvalue weighted by Gasteiger charge is -1.85. The molecule has 0 saturated carbocycles. The molecule has 78 valence electrons. The number of thiol groups is 1. The Kier molecular flexibility index (Phi) is 8.27. The van der Waals surface area contributed by atoms with Gasteiger partial charge in [0, 0.05) is 12.6 Å². The van der Waals surface area contributed by atoms with E-state index in [1.165, 1.54) is 0 Å². The van der Waals surface area contributed by atoms with Crippen molar-refractivity contribution in [1.29, 1.82) is 0 Å². The molecule has 1 aromatic rings. The van der Waals surface area contributed by atoms with Crippen LogP contribution in [0.2, 0.25) is 0 Å². The van der Waals surface area contributed by atoms with Crippen molar-refractivity contribution >= 4 is 30.8 Å². The van der Waals surface area contributed by atoms with E-state index < -0.39 is 5.97 Å². The van der Waals surface area contributed by atoms with Gasteiger partial charge in [-0.05, 0) is 24.3 Å². The minimum absolute atomic E-state index is 0.240. The molecule has 1 heterocycles. The summed E-state index contributed by atoms with van der Waals surface area (Å²) in [6.07, 6.45) is 2.71. The van der Waals surface area contributed by atoms with Gasteiger partial charge in [-0.3, -0.25) is 4.79 Å². The second-order valence-electron chi connectivity index (χ2n) is 2.45. The third-order valence-electron chi connectivity index (χ3n) is 1.23. The van der Waals surface area contributed by atoms with Crippen LogP contribution in [0.5, 0.6) is 0 Å². The lowest BCUT2D eigenvalue weighted by Crippen LogP contribution is -1.93. The van der Waals surface area contributed by atoms with E-state index in [0.29, 0.717) is 12.2 Å². The van der Waals surface area contributed by atoms with Gasteiger partial charge in [0.15, 0.2) is 0 Å². The molecule has 0 fully saturated rings. The summed E-state index contributed by atoms with van der Waals surface area (Å²) >= 11 is 8.59. The zero-order valence-electron chi connectivity index (χ0n) is 7.64. The Hall–Kier alpha value is -0.810. The van der Waals surface area contributed by atoms with Crippen molar-refractivity contribution in [3.8, 4) is 0 Å². The van der Waals surface area contributed by atoms with Crippen LogP contribution in [-0.2, 0) is 4.79 Å². The summed E-state index contributed by atoms with van der Waals surface area (Å²) < 4.78 is 0.780. The third kappa shape index (κ3) is 9.28. The predicted molar refractivity (Wildman–Crippen MR) is 62.3 cm³/mol. The van der Waals surface area contributed by atoms with Crippen LogP contribution in [0.3, 0.4) is 0 Å². The summed E-state index contributed by atoms with van der Waals surface area (Å²) in [6, 6.07) is 5.64. The highest BCUT2D eigenvalue weighted by molar-refractivity contribution is 7.80. The van der Waals surface area contributed by atoms with E-state index >= 15 is 0 Å². The van der Waals surface area contributed by atoms with E-state index in [-0.39, 0.29) is 6.42 Å². The average molecular weight is 231 g/mol. The van der Waals surface area contributed by atoms with Gasteiger partial charge in [-0.2, -0.15) is 12.6 Å². The fraction of sp³-hybridized carbons (Fsp3) is 0.333. The molecule has 0 spiro atoms. The van der Waals surface area contributed by atoms with Crippen molar-refractivity contribution in [1.82, 2.24) is 4.98 Å². The molecule has 2 N–H and O–H groups in total. The number of carbonyl (C=O) groups is 1. The first-order valence-corrected chi connectivity index (χ1v) is 5.17. The molecule has 0 aliphatic heterocycles. The van der Waals surface area contributed by atoms with Gasteiger partial charge in [0.1, 0.15) is 4.64 Å². The number of H-pyrrole nitrogens is 1. The maximum atomic E-state index is 9.72. The maximum absolute atomic E-state index is 9.72. The van der Waals surface area contributed by atoms with Crippen LogP contribution < -0.4 is 0 Å². The highest BCUT2D eigenvalue weighted by Crippen LogP contribution is 1.89. The van der Waals surface area contributed by atoms with Gasteiger partial charge in [-0.15, -0.1) is 0 Å². The molecule has 0 atom stereocenters. The van der Waals surface area contributed by atoms with Crippen LogP contribution in [0.1, 0.15) is 12.8 Å². The van der Waals surface area contributed by atoms with Crippen LogP contribution in [0, 0.1) is 4.64 Å². The molecule has 0 saturated heterocycles. The largest absolute Gasteiger partial charge is 0.481 e. The van der Waals surface area contributed by atoms with Gasteiger partial charge in [0.25, 0.3) is 0 Å². The standard InChI is InChI=1S/C5H5NS.C4H8O2S/c7-5-3-1-2-4-6-5;5-4(6)2-1-3-7/h1-4H,(H,6,7);7H,1-3H2,(H,5,6). The second-order valence-corrected chi connectivity index (χ2v) is 3.33. The summed E-state index contributed by atoms with van der Waals surface area (Å²) in [5.41, 5.74) is 0. The summed E-state index contributed by atoms with van der Waals surface area (Å²) in [4.78, 5) is 12.6. The highest BCUT2D eigenvalue weighted by atomic mass is 32.1. The number of hydrogen-bond acceptors (Lipinski definition) is 3. The molecule has 0 unspecified atom stereocenters. The number of nitrogens with one attached hydrogen (secondary N) is 1. The number of rotatable bonds is 3. The average Bonchev–Trinajstić information content (AvgIpc) is 2.17. The molecule has 0 aliphatic rings. The Balaban J connectivity index is 0.000000241. The van der Waals surface area contributed by atoms with Crippen LogP contribution in [-0.4, -0.2) is 21.8 Å². The van der Waals surface area contributed by atoms with Gasteiger partial charge in [0.05, 0.1) is 0 Å². The van der Waals surface area contributed by atoms with Crippen molar-refractivity contribution in [3.05, 3.63) is 29.0 Å². The number of carboxylic acids is 1. The fourth-order valence-corrected chi connectivity index (χ4v) is 0.912. The van der Waals surface area contributed by atoms with E-state index in [4.69, 9.17) is 17.3 Å². The molecule has 14 heavy (non-hydrogen) atoms. The first-order chi connectivity index (χ1) is 6.66. The Bertz CT molecular complexity index is 294. The molecular formula is C9H13NO2S2. The third-order valence-corrected chi connectivity index (χ3v) is 1.80. The zero-order valence-corrected chi connectivity index (χ0v) is 9.35. The molecule has 3 nitrogen and oxygen atoms in total. The fourth-order valence-electron chi connectivity index (χ4n) is 0.607. The summed E-state index contributed by atoms with van der Waals surface area (Å²) in [6.45, 7) is 0. The van der Waals surface area contributed by atoms with E-state index in [0.717, 1.165) is 4.64 Å². The van der Waals surface area contributed by atoms with Crippen LogP contribution in [0.25, 0.3) is 0 Å². The lowest BCUT2D eigenvalue weighted by molar-refractivity contribution is -0.137. The van der Waals surface area contributed by atoms with Gasteiger partial charge in [0.2, 0.25) is 0 Å². The second kappa shape index (κ2) is 8.77. The summed E-state index contributed by atoms with van der Waals surface area (Å²) in [5, 5.41) is 8.01. The molecule has 1 aromatic heterocycles. The molecule has 1 rings (SSSR count). The Morgan fingerprint density at radius 1 is 1.57 bits per heavy atom. The van der Waals surface area contributed by atoms with Crippen LogP contribution in [0.4, 0.5) is 0 Å². The Morgan fingerprint density at radius 3 is 2.50 bits per heavy atom. The molecule has 0 aliphatic carbocycles. The number of aliphatic carboxylic acids is 1. The summed E-state index contributed by atoms with van der Waals surface area (Å²) in [7, 11) is 0. The van der Waals surface area contributed by atoms with Crippen molar-refractivity contribution < 1.29 is 9.90 Å². The number of aromatic nitrogens is 1. The first kappa shape index (κ1) is 13.2. The van der Waals surface area contributed by atoms with E-state index in [2.05, 4.69) is 17.6 Å². The van der Waals surface area contributed by atoms with Gasteiger partial charge < -0.3 is 10.1 Å². The van der Waals surface area contributed by atoms with Gasteiger partial charge >= 0.3 is 5.97 Å². The SMILES string of the molecule is O=C(O)CCCS.S=c1cccc[nH]1. The van der Waals surface area contributed by atoms with Crippen LogP contribution >= 0.6 is 24.8 Å². The van der Waals surface area contributed by atoms with E-state index in [9.17, 15) is 4.79 Å². The Morgan fingerprint density at radius 2 is 2.29 bits per heavy atom. The van der Waals surface area contributed by atoms with E-state index in [1.54, 1.807) is 0 Å². The van der Waals surface area contributed by atoms with Crippen molar-refractivity contribution in [2.45, 2.75) is 12.8 Å². The quantitative estimate of drug-likeness (QED) is 0.553. The predicted octanol–water partition coefficient (Wildman–Crippen LogP) is 2.53. The van der Waals surface area contributed by atoms with Crippen LogP contribution in [0.15, 0.2) is 24.4 Å². The minimum Gasteiger partial charge on any atom is -0.481 e. The maximum Gasteiger partial charge on any atom is 0.303 e. The lowest BCUT2D eigenvalue weighted by atomic mass is 10.3. The summed E-state index contributed by atoms with van der Waals surface area (Å²) in [5.74, 6) is -0.0826. The normalized spacial score (nSPS) is 8.64. The smallest absolute Gasteiger partial charge is 0.303 e. The Labute approximate surface area is 93.6 Å². The van der Waals surface area contributed by atoms with Gasteiger partial charge in [-0.1, -0.05) is 18.3 Å². The minimum atomic E-state index is -0.742. The molecule has 0 bridgehead atoms. The molecule has 0 aromatic carbocycles. The number of carboxylic acid groups (broad SMARTS) is 1. The van der Waals surface area contributed by atoms with Gasteiger partial charge in [-0.25, -0.2) is 0 Å². The first-order valence-electron chi connectivity index (χ1n) is 4.13. The molecule has 0 amide bonds. The number of pyridine rings is 1. The molecular weight excluding hydrogens is 218 g/mol. The zero-order chi connectivity index (χ0) is 10.8. The topological polar surface area (TPSA) is 53.1 Å². The van der Waals surface area contributed by atoms with E-state index in [1.807, 2.05) is 24.4 Å². The van der Waals surface area contributed by atoms with Crippen molar-refractivity contribution in [2.24, 2.45) is 0 Å². The van der Waals surface area contributed by atoms with Crippen molar-refractivity contribution in [2.75, 3.05) is 5.75 Å². The number of aromatic amines is 1. The van der Waals surface area contributed by atoms with Crippen molar-refractivity contribution in [3.63, 3.8) is 0 Å². The molecule has 5 heteroatoms. The highest BCUT2D eigenvalue weighted by Gasteiger charge is 1.91. The monoisotopic (exact) mass is 231 g/mol. The number of hydrogen-bond donors (Lipinski definition) is 3.